The number of allylic oxidation sites excluding steroid dienone is 5. The zero-order chi connectivity index (χ0) is 10.3. The molecule has 2 aliphatic rings. The summed E-state index contributed by atoms with van der Waals surface area (Å²) in [5, 5.41) is 0. The number of hydrogen-bond acceptors (Lipinski definition) is 1. The number of hydrogen-bond donors (Lipinski definition) is 1. The second-order valence-corrected chi connectivity index (χ2v) is 4.10. The minimum absolute atomic E-state index is 0.561. The highest BCUT2D eigenvalue weighted by molar-refractivity contribution is 5.83. The monoisotopic (exact) mass is 195 g/mol. The molecule has 0 aromatic heterocycles. The van der Waals surface area contributed by atoms with E-state index in [0.717, 1.165) is 12.1 Å². The molecule has 0 saturated carbocycles. The summed E-state index contributed by atoms with van der Waals surface area (Å²) in [7, 11) is 0. The first-order valence-electron chi connectivity index (χ1n) is 5.29. The van der Waals surface area contributed by atoms with E-state index >= 15 is 0 Å². The number of nitrogens with two attached hydrogens (primary N) is 1. The van der Waals surface area contributed by atoms with Crippen molar-refractivity contribution in [3.05, 3.63) is 53.6 Å². The van der Waals surface area contributed by atoms with E-state index in [1.807, 2.05) is 12.1 Å². The molecule has 2 N–H and O–H groups in total. The summed E-state index contributed by atoms with van der Waals surface area (Å²) in [5.74, 6) is 0.561. The summed E-state index contributed by atoms with van der Waals surface area (Å²) in [6.45, 7) is 0. The first-order valence-corrected chi connectivity index (χ1v) is 5.29. The minimum atomic E-state index is 0.561. The molecule has 2 aliphatic carbocycles. The van der Waals surface area contributed by atoms with Crippen molar-refractivity contribution in [3.8, 4) is 0 Å². The van der Waals surface area contributed by atoms with Crippen LogP contribution < -0.4 is 5.73 Å². The molecule has 0 saturated heterocycles. The van der Waals surface area contributed by atoms with Gasteiger partial charge in [-0.25, -0.2) is 0 Å². The van der Waals surface area contributed by atoms with Crippen LogP contribution in [0.1, 0.15) is 17.5 Å². The van der Waals surface area contributed by atoms with Crippen molar-refractivity contribution in [1.29, 1.82) is 0 Å². The van der Waals surface area contributed by atoms with Gasteiger partial charge in [0.1, 0.15) is 0 Å². The van der Waals surface area contributed by atoms with Gasteiger partial charge < -0.3 is 5.73 Å². The molecule has 0 amide bonds. The third kappa shape index (κ3) is 1.32. The van der Waals surface area contributed by atoms with E-state index in [1.54, 1.807) is 0 Å². The van der Waals surface area contributed by atoms with Gasteiger partial charge in [0.05, 0.1) is 0 Å². The molecule has 1 nitrogen and oxygen atoms in total. The summed E-state index contributed by atoms with van der Waals surface area (Å²) >= 11 is 0. The fraction of sp³-hybridized carbons (Fsp3) is 0.143. The minimum Gasteiger partial charge on any atom is -0.399 e. The first kappa shape index (κ1) is 8.54. The second kappa shape index (κ2) is 3.13. The van der Waals surface area contributed by atoms with Gasteiger partial charge in [0.15, 0.2) is 0 Å². The predicted molar refractivity (Wildman–Crippen MR) is 65.1 cm³/mol. The molecule has 0 aliphatic heterocycles. The fourth-order valence-electron chi connectivity index (χ4n) is 2.32. The van der Waals surface area contributed by atoms with Gasteiger partial charge in [-0.3, -0.25) is 0 Å². The highest BCUT2D eigenvalue weighted by Crippen LogP contribution is 2.37. The van der Waals surface area contributed by atoms with Gasteiger partial charge in [0.25, 0.3) is 0 Å². The number of benzene rings is 1. The molecule has 1 aromatic rings. The van der Waals surface area contributed by atoms with E-state index < -0.39 is 0 Å². The number of fused-ring (bicyclic) bond motifs is 3. The molecule has 74 valence electrons. The van der Waals surface area contributed by atoms with Crippen molar-refractivity contribution >= 4 is 17.3 Å². The molecular weight excluding hydrogens is 182 g/mol. The summed E-state index contributed by atoms with van der Waals surface area (Å²) < 4.78 is 0. The summed E-state index contributed by atoms with van der Waals surface area (Å²) in [5.41, 5.74) is 10.6. The first-order chi connectivity index (χ1) is 7.34. The lowest BCUT2D eigenvalue weighted by Gasteiger charge is -2.24. The largest absolute Gasteiger partial charge is 0.399 e. The summed E-state index contributed by atoms with van der Waals surface area (Å²) in [6, 6.07) is 6.15. The molecule has 3 rings (SSSR count). The van der Waals surface area contributed by atoms with Crippen LogP contribution in [0.3, 0.4) is 0 Å². The van der Waals surface area contributed by atoms with Crippen LogP contribution in [0.15, 0.2) is 42.5 Å². The predicted octanol–water partition coefficient (Wildman–Crippen LogP) is 3.26. The van der Waals surface area contributed by atoms with Crippen LogP contribution in [0.25, 0.3) is 11.6 Å². The second-order valence-electron chi connectivity index (χ2n) is 4.10. The van der Waals surface area contributed by atoms with Gasteiger partial charge in [-0.2, -0.15) is 0 Å². The van der Waals surface area contributed by atoms with Crippen LogP contribution in [0.2, 0.25) is 0 Å². The maximum absolute atomic E-state index is 5.78. The quantitative estimate of drug-likeness (QED) is 0.632. The molecule has 0 heterocycles. The average molecular weight is 195 g/mol. The van der Waals surface area contributed by atoms with Crippen LogP contribution in [-0.2, 0) is 0 Å². The Morgan fingerprint density at radius 3 is 3.13 bits per heavy atom. The van der Waals surface area contributed by atoms with Crippen molar-refractivity contribution in [2.24, 2.45) is 5.92 Å². The molecule has 1 atom stereocenters. The summed E-state index contributed by atoms with van der Waals surface area (Å²) in [4.78, 5) is 0. The van der Waals surface area contributed by atoms with E-state index in [2.05, 4.69) is 36.4 Å². The Kier molecular flexibility index (Phi) is 1.78. The third-order valence-electron chi connectivity index (χ3n) is 3.10. The standard InChI is InChI=1S/C14H13N/c15-12-7-8-14-11(9-12)6-5-10-3-1-2-4-13(10)14/h1-2,4-10H,3,15H2. The molecule has 0 radical (unpaired) electrons. The Hall–Kier alpha value is -1.76. The zero-order valence-electron chi connectivity index (χ0n) is 8.48. The molecule has 15 heavy (non-hydrogen) atoms. The van der Waals surface area contributed by atoms with Gasteiger partial charge in [-0.1, -0.05) is 36.4 Å². The van der Waals surface area contributed by atoms with Gasteiger partial charge in [0, 0.05) is 11.6 Å². The lowest BCUT2D eigenvalue weighted by atomic mass is 9.80. The van der Waals surface area contributed by atoms with Crippen LogP contribution in [0.4, 0.5) is 5.69 Å². The maximum atomic E-state index is 5.78. The molecule has 0 bridgehead atoms. The van der Waals surface area contributed by atoms with Crippen LogP contribution in [0.5, 0.6) is 0 Å². The van der Waals surface area contributed by atoms with E-state index in [0.29, 0.717) is 5.92 Å². The van der Waals surface area contributed by atoms with E-state index in [-0.39, 0.29) is 0 Å². The summed E-state index contributed by atoms with van der Waals surface area (Å²) in [6.07, 6.45) is 12.2. The Bertz CT molecular complexity index is 492. The molecule has 0 fully saturated rings. The average Bonchev–Trinajstić information content (AvgIpc) is 2.28. The van der Waals surface area contributed by atoms with Gasteiger partial charge in [-0.05, 0) is 35.3 Å². The molecule has 1 aromatic carbocycles. The normalized spacial score (nSPS) is 21.9. The highest BCUT2D eigenvalue weighted by Gasteiger charge is 2.19. The molecule has 1 unspecified atom stereocenters. The fourth-order valence-corrected chi connectivity index (χ4v) is 2.32. The topological polar surface area (TPSA) is 26.0 Å². The van der Waals surface area contributed by atoms with Gasteiger partial charge >= 0.3 is 0 Å². The van der Waals surface area contributed by atoms with Gasteiger partial charge in [0.2, 0.25) is 0 Å². The van der Waals surface area contributed by atoms with Crippen LogP contribution in [-0.4, -0.2) is 0 Å². The number of rotatable bonds is 0. The molecule has 1 heteroatoms. The van der Waals surface area contributed by atoms with Crippen molar-refractivity contribution in [1.82, 2.24) is 0 Å². The van der Waals surface area contributed by atoms with Crippen LogP contribution in [0, 0.1) is 5.92 Å². The molecular formula is C14H13N. The SMILES string of the molecule is Nc1ccc2c(c1)C=CC1CC=CC=C21. The highest BCUT2D eigenvalue weighted by atomic mass is 14.5. The van der Waals surface area contributed by atoms with E-state index in [4.69, 9.17) is 5.73 Å². The number of anilines is 1. The van der Waals surface area contributed by atoms with Crippen molar-refractivity contribution in [3.63, 3.8) is 0 Å². The Morgan fingerprint density at radius 2 is 2.20 bits per heavy atom. The van der Waals surface area contributed by atoms with E-state index in [1.165, 1.54) is 16.7 Å². The lowest BCUT2D eigenvalue weighted by Crippen LogP contribution is -2.07. The van der Waals surface area contributed by atoms with Gasteiger partial charge in [-0.15, -0.1) is 0 Å². The van der Waals surface area contributed by atoms with Crippen LogP contribution >= 0.6 is 0 Å². The maximum Gasteiger partial charge on any atom is 0.0320 e. The molecule has 0 spiro atoms. The number of nitrogen functional groups attached to an aromatic ring is 1. The lowest BCUT2D eigenvalue weighted by molar-refractivity contribution is 0.842. The Balaban J connectivity index is 2.20. The van der Waals surface area contributed by atoms with Crippen molar-refractivity contribution in [2.45, 2.75) is 6.42 Å². The van der Waals surface area contributed by atoms with Crippen molar-refractivity contribution in [2.75, 3.05) is 5.73 Å². The third-order valence-corrected chi connectivity index (χ3v) is 3.10. The van der Waals surface area contributed by atoms with Crippen molar-refractivity contribution < 1.29 is 0 Å². The smallest absolute Gasteiger partial charge is 0.0320 e. The Morgan fingerprint density at radius 1 is 1.27 bits per heavy atom. The Labute approximate surface area is 89.6 Å². The zero-order valence-corrected chi connectivity index (χ0v) is 8.48. The van der Waals surface area contributed by atoms with E-state index in [9.17, 15) is 0 Å².